The van der Waals surface area contributed by atoms with E-state index < -0.39 is 0 Å². The molecule has 102 valence electrons. The van der Waals surface area contributed by atoms with Crippen molar-refractivity contribution in [1.82, 2.24) is 5.32 Å². The number of ether oxygens (including phenoxy) is 1. The molecule has 1 heterocycles. The number of thiophene rings is 1. The molecule has 2 aromatic rings. The van der Waals surface area contributed by atoms with Crippen LogP contribution in [0.25, 0.3) is 0 Å². The van der Waals surface area contributed by atoms with E-state index in [1.807, 2.05) is 32.2 Å². The summed E-state index contributed by atoms with van der Waals surface area (Å²) < 4.78 is 6.23. The maximum absolute atomic E-state index is 6.16. The van der Waals surface area contributed by atoms with Gasteiger partial charge >= 0.3 is 0 Å². The van der Waals surface area contributed by atoms with E-state index in [2.05, 4.69) is 11.4 Å². The van der Waals surface area contributed by atoms with Crippen LogP contribution in [0.1, 0.15) is 22.0 Å². The molecule has 0 saturated heterocycles. The number of benzene rings is 1. The quantitative estimate of drug-likeness (QED) is 0.884. The van der Waals surface area contributed by atoms with Crippen molar-refractivity contribution < 1.29 is 4.74 Å². The van der Waals surface area contributed by atoms with Crippen LogP contribution in [0, 0.1) is 6.92 Å². The molecule has 0 radical (unpaired) electrons. The number of nitrogens with one attached hydrogen (secondary N) is 1. The predicted octanol–water partition coefficient (Wildman–Crippen LogP) is 4.68. The van der Waals surface area contributed by atoms with Crippen molar-refractivity contribution in [3.05, 3.63) is 49.6 Å². The highest BCUT2D eigenvalue weighted by Crippen LogP contribution is 2.37. The van der Waals surface area contributed by atoms with Crippen LogP contribution in [0.2, 0.25) is 9.36 Å². The van der Waals surface area contributed by atoms with Gasteiger partial charge in [-0.3, -0.25) is 0 Å². The maximum atomic E-state index is 6.16. The van der Waals surface area contributed by atoms with Gasteiger partial charge in [-0.25, -0.2) is 0 Å². The average Bonchev–Trinajstić information content (AvgIpc) is 2.70. The number of aryl methyl sites for hydroxylation is 1. The first-order valence-electron chi connectivity index (χ1n) is 5.83. The predicted molar refractivity (Wildman–Crippen MR) is 83.0 cm³/mol. The van der Waals surface area contributed by atoms with Crippen LogP contribution in [0.5, 0.6) is 5.75 Å². The molecule has 1 atom stereocenters. The zero-order chi connectivity index (χ0) is 14.0. The van der Waals surface area contributed by atoms with Gasteiger partial charge in [0, 0.05) is 15.5 Å². The topological polar surface area (TPSA) is 21.3 Å². The number of rotatable bonds is 4. The molecule has 5 heteroatoms. The van der Waals surface area contributed by atoms with Crippen molar-refractivity contribution in [3.63, 3.8) is 0 Å². The van der Waals surface area contributed by atoms with Gasteiger partial charge in [-0.2, -0.15) is 0 Å². The van der Waals surface area contributed by atoms with E-state index in [1.165, 1.54) is 0 Å². The number of halogens is 2. The first-order chi connectivity index (χ1) is 9.06. The van der Waals surface area contributed by atoms with E-state index in [0.29, 0.717) is 5.02 Å². The molecular weight excluding hydrogens is 301 g/mol. The van der Waals surface area contributed by atoms with Crippen LogP contribution in [0.4, 0.5) is 0 Å². The maximum Gasteiger partial charge on any atom is 0.124 e. The Morgan fingerprint density at radius 1 is 1.26 bits per heavy atom. The second-order valence-electron chi connectivity index (χ2n) is 4.21. The van der Waals surface area contributed by atoms with Crippen molar-refractivity contribution in [3.8, 4) is 5.75 Å². The smallest absolute Gasteiger partial charge is 0.124 e. The van der Waals surface area contributed by atoms with Gasteiger partial charge in [0.05, 0.1) is 17.5 Å². The molecule has 0 saturated carbocycles. The fourth-order valence-electron chi connectivity index (χ4n) is 2.01. The lowest BCUT2D eigenvalue weighted by Gasteiger charge is -2.18. The van der Waals surface area contributed by atoms with Crippen LogP contribution in [-0.4, -0.2) is 14.2 Å². The lowest BCUT2D eigenvalue weighted by molar-refractivity contribution is 0.405. The summed E-state index contributed by atoms with van der Waals surface area (Å²) in [7, 11) is 3.57. The van der Waals surface area contributed by atoms with Gasteiger partial charge in [-0.05, 0) is 43.8 Å². The molecule has 0 bridgehead atoms. The van der Waals surface area contributed by atoms with Crippen molar-refractivity contribution in [1.29, 1.82) is 0 Å². The molecule has 0 aliphatic heterocycles. The van der Waals surface area contributed by atoms with Crippen molar-refractivity contribution in [2.75, 3.05) is 14.2 Å². The van der Waals surface area contributed by atoms with Gasteiger partial charge in [0.2, 0.25) is 0 Å². The van der Waals surface area contributed by atoms with Crippen LogP contribution in [0.3, 0.4) is 0 Å². The van der Waals surface area contributed by atoms with Gasteiger partial charge in [-0.1, -0.05) is 23.2 Å². The largest absolute Gasteiger partial charge is 0.496 e. The molecule has 1 aromatic carbocycles. The number of hydrogen-bond donors (Lipinski definition) is 1. The highest BCUT2D eigenvalue weighted by atomic mass is 35.5. The van der Waals surface area contributed by atoms with Gasteiger partial charge in [-0.15, -0.1) is 11.3 Å². The van der Waals surface area contributed by atoms with E-state index >= 15 is 0 Å². The molecule has 0 aliphatic rings. The fraction of sp³-hybridized carbons (Fsp3) is 0.286. The van der Waals surface area contributed by atoms with Crippen LogP contribution >= 0.6 is 34.5 Å². The standard InChI is InChI=1S/C14H15Cl2NOS/c1-8-6-12(19-14(8)16)13(17-2)10-7-9(15)4-5-11(10)18-3/h4-7,13,17H,1-3H3. The molecule has 1 unspecified atom stereocenters. The summed E-state index contributed by atoms with van der Waals surface area (Å²) in [6, 6.07) is 7.73. The molecule has 2 nitrogen and oxygen atoms in total. The normalized spacial score (nSPS) is 12.5. The van der Waals surface area contributed by atoms with Crippen LogP contribution in [-0.2, 0) is 0 Å². The molecular formula is C14H15Cl2NOS. The summed E-state index contributed by atoms with van der Waals surface area (Å²) in [5, 5.41) is 3.98. The molecule has 19 heavy (non-hydrogen) atoms. The zero-order valence-electron chi connectivity index (χ0n) is 11.0. The lowest BCUT2D eigenvalue weighted by Crippen LogP contribution is -2.17. The fourth-order valence-corrected chi connectivity index (χ4v) is 3.54. The second-order valence-corrected chi connectivity index (χ2v) is 6.34. The summed E-state index contributed by atoms with van der Waals surface area (Å²) in [5.74, 6) is 0.811. The van der Waals surface area contributed by atoms with E-state index in [1.54, 1.807) is 18.4 Å². The summed E-state index contributed by atoms with van der Waals surface area (Å²) in [6.45, 7) is 2.00. The Balaban J connectivity index is 2.50. The minimum Gasteiger partial charge on any atom is -0.496 e. The average molecular weight is 316 g/mol. The first kappa shape index (κ1) is 14.7. The highest BCUT2D eigenvalue weighted by Gasteiger charge is 2.19. The first-order valence-corrected chi connectivity index (χ1v) is 7.40. The van der Waals surface area contributed by atoms with E-state index in [9.17, 15) is 0 Å². The highest BCUT2D eigenvalue weighted by molar-refractivity contribution is 7.16. The summed E-state index contributed by atoms with van der Waals surface area (Å²) in [6.07, 6.45) is 0. The summed E-state index contributed by atoms with van der Waals surface area (Å²) >= 11 is 13.8. The molecule has 1 aromatic heterocycles. The number of hydrogen-bond acceptors (Lipinski definition) is 3. The molecule has 0 spiro atoms. The Hall–Kier alpha value is -0.740. The van der Waals surface area contributed by atoms with E-state index in [-0.39, 0.29) is 6.04 Å². The SMILES string of the molecule is CNC(c1cc(C)c(Cl)s1)c1cc(Cl)ccc1OC. The van der Waals surface area contributed by atoms with Gasteiger partial charge in [0.1, 0.15) is 5.75 Å². The van der Waals surface area contributed by atoms with Crippen LogP contribution < -0.4 is 10.1 Å². The molecule has 2 rings (SSSR count). The monoisotopic (exact) mass is 315 g/mol. The van der Waals surface area contributed by atoms with E-state index in [4.69, 9.17) is 27.9 Å². The van der Waals surface area contributed by atoms with E-state index in [0.717, 1.165) is 26.1 Å². The summed E-state index contributed by atoms with van der Waals surface area (Å²) in [5.41, 5.74) is 2.10. The Morgan fingerprint density at radius 3 is 2.53 bits per heavy atom. The van der Waals surface area contributed by atoms with Crippen molar-refractivity contribution >= 4 is 34.5 Å². The molecule has 1 N–H and O–H groups in total. The lowest BCUT2D eigenvalue weighted by atomic mass is 10.0. The minimum absolute atomic E-state index is 0.0184. The third-order valence-corrected chi connectivity index (χ3v) is 4.81. The van der Waals surface area contributed by atoms with Gasteiger partial charge in [0.15, 0.2) is 0 Å². The Labute approximate surface area is 127 Å². The zero-order valence-corrected chi connectivity index (χ0v) is 13.3. The Kier molecular flexibility index (Phi) is 4.74. The molecule has 0 aliphatic carbocycles. The minimum atomic E-state index is 0.0184. The van der Waals surface area contributed by atoms with Gasteiger partial charge < -0.3 is 10.1 Å². The van der Waals surface area contributed by atoms with Gasteiger partial charge in [0.25, 0.3) is 0 Å². The summed E-state index contributed by atoms with van der Waals surface area (Å²) in [4.78, 5) is 1.14. The molecule has 0 amide bonds. The second kappa shape index (κ2) is 6.14. The van der Waals surface area contributed by atoms with Crippen molar-refractivity contribution in [2.45, 2.75) is 13.0 Å². The van der Waals surface area contributed by atoms with Crippen LogP contribution in [0.15, 0.2) is 24.3 Å². The molecule has 0 fully saturated rings. The third-order valence-electron chi connectivity index (χ3n) is 2.95. The third kappa shape index (κ3) is 3.06. The van der Waals surface area contributed by atoms with Crippen molar-refractivity contribution in [2.24, 2.45) is 0 Å². The Bertz CT molecular complexity index is 563. The Morgan fingerprint density at radius 2 is 2.00 bits per heavy atom. The number of methoxy groups -OCH3 is 1.